The number of carbonyl (C=O) groups excluding carboxylic acids is 1. The van der Waals surface area contributed by atoms with E-state index >= 15 is 8.78 Å². The summed E-state index contributed by atoms with van der Waals surface area (Å²) in [4.78, 5) is 13.6. The van der Waals surface area contributed by atoms with E-state index in [-0.39, 0.29) is 43.5 Å². The first-order valence-corrected chi connectivity index (χ1v) is 13.8. The molecule has 10 atom stereocenters. The topological polar surface area (TPSA) is 65.0 Å². The van der Waals surface area contributed by atoms with Crippen molar-refractivity contribution in [3.05, 3.63) is 12.2 Å². The Hall–Kier alpha value is -1.26. The molecule has 9 aliphatic rings. The Morgan fingerprint density at radius 3 is 2.27 bits per heavy atom. The van der Waals surface area contributed by atoms with Gasteiger partial charge >= 0.3 is 23.9 Å². The number of rotatable bonds is 2. The van der Waals surface area contributed by atoms with Gasteiger partial charge in [-0.05, 0) is 105 Å². The number of ether oxygens (including phenoxy) is 3. The molecule has 1 heterocycles. The highest BCUT2D eigenvalue weighted by atomic mass is 19.4. The molecule has 0 radical (unpaired) electrons. The molecule has 9 rings (SSSR count). The summed E-state index contributed by atoms with van der Waals surface area (Å²) in [6.45, 7) is -1.07. The minimum absolute atomic E-state index is 0.0234. The maximum atomic E-state index is 15.8. The molecule has 10 unspecified atom stereocenters. The van der Waals surface area contributed by atoms with Crippen LogP contribution in [0.5, 0.6) is 0 Å². The highest BCUT2D eigenvalue weighted by molar-refractivity contribution is 5.74. The van der Waals surface area contributed by atoms with Gasteiger partial charge < -0.3 is 19.3 Å². The van der Waals surface area contributed by atoms with Crippen LogP contribution >= 0.6 is 0 Å². The van der Waals surface area contributed by atoms with E-state index in [0.29, 0.717) is 41.9 Å². The first-order chi connectivity index (χ1) is 17.4. The molecule has 10 heteroatoms. The third-order valence-corrected chi connectivity index (χ3v) is 12.1. The van der Waals surface area contributed by atoms with Crippen LogP contribution in [-0.4, -0.2) is 47.0 Å². The summed E-state index contributed by atoms with van der Waals surface area (Å²) in [6, 6.07) is 0. The van der Waals surface area contributed by atoms with Crippen molar-refractivity contribution in [2.45, 2.75) is 80.5 Å². The molecule has 5 nitrogen and oxygen atoms in total. The molecule has 204 valence electrons. The first kappa shape index (κ1) is 23.6. The van der Waals surface area contributed by atoms with Gasteiger partial charge in [-0.2, -0.15) is 22.0 Å². The van der Waals surface area contributed by atoms with Gasteiger partial charge in [0.25, 0.3) is 0 Å². The molecule has 0 aromatic heterocycles. The van der Waals surface area contributed by atoms with Gasteiger partial charge in [0.15, 0.2) is 6.79 Å². The Morgan fingerprint density at radius 1 is 0.919 bits per heavy atom. The van der Waals surface area contributed by atoms with Crippen molar-refractivity contribution in [3.63, 3.8) is 0 Å². The fraction of sp³-hybridized carbons (Fsp3) is 0.889. The first-order valence-electron chi connectivity index (χ1n) is 13.8. The molecule has 8 aliphatic carbocycles. The average molecular weight is 531 g/mol. The second-order valence-electron chi connectivity index (χ2n) is 13.5. The quantitative estimate of drug-likeness (QED) is 0.240. The van der Waals surface area contributed by atoms with Crippen LogP contribution in [-0.2, 0) is 19.0 Å². The molecule has 7 saturated carbocycles. The molecule has 1 saturated heterocycles. The lowest BCUT2D eigenvalue weighted by molar-refractivity contribution is -0.521. The van der Waals surface area contributed by atoms with Gasteiger partial charge in [0.05, 0.1) is 5.92 Å². The van der Waals surface area contributed by atoms with Crippen molar-refractivity contribution >= 4 is 5.97 Å². The smallest absolute Gasteiger partial charge is 0.449 e. The average Bonchev–Trinajstić information content (AvgIpc) is 3.58. The maximum absolute atomic E-state index is 15.8. The highest BCUT2D eigenvalue weighted by Crippen LogP contribution is 2.70. The van der Waals surface area contributed by atoms with E-state index < -0.39 is 47.7 Å². The summed E-state index contributed by atoms with van der Waals surface area (Å²) in [5.74, 6) is -8.53. The number of halogens is 5. The zero-order valence-corrected chi connectivity index (χ0v) is 20.3. The standard InChI is InChI=1S/C27H31F5O5/c28-25(29)24(35-11-36-26(25,34)27(30,31)32)16-3-12-4-17(24)10-23(8-12,9-16)37-22(33)19-7-15-6-18(19)21-14-2-1-13(5-14)20(15)21/h1-2,12-21,34H,3-11H2. The number of aliphatic hydroxyl groups is 1. The number of fused-ring (bicyclic) bond motifs is 9. The summed E-state index contributed by atoms with van der Waals surface area (Å²) in [6.07, 6.45) is 3.11. The monoisotopic (exact) mass is 530 g/mol. The van der Waals surface area contributed by atoms with Crippen LogP contribution in [0.1, 0.15) is 51.4 Å². The maximum Gasteiger partial charge on any atom is 0.449 e. The van der Waals surface area contributed by atoms with E-state index in [4.69, 9.17) is 9.47 Å². The second-order valence-corrected chi connectivity index (χ2v) is 13.5. The second kappa shape index (κ2) is 6.89. The van der Waals surface area contributed by atoms with Gasteiger partial charge in [-0.25, -0.2) is 0 Å². The van der Waals surface area contributed by atoms with Crippen LogP contribution in [0, 0.1) is 59.2 Å². The summed E-state index contributed by atoms with van der Waals surface area (Å²) in [7, 11) is 0. The van der Waals surface area contributed by atoms with Crippen molar-refractivity contribution in [2.24, 2.45) is 59.2 Å². The van der Waals surface area contributed by atoms with Gasteiger partial charge in [0.2, 0.25) is 0 Å². The molecule has 1 spiro atoms. The molecule has 1 N–H and O–H groups in total. The number of alkyl halides is 5. The predicted octanol–water partition coefficient (Wildman–Crippen LogP) is 4.83. The molecule has 8 bridgehead atoms. The number of carbonyl (C=O) groups is 1. The van der Waals surface area contributed by atoms with Gasteiger partial charge in [0.1, 0.15) is 11.2 Å². The van der Waals surface area contributed by atoms with E-state index in [0.717, 1.165) is 12.8 Å². The summed E-state index contributed by atoms with van der Waals surface area (Å²) in [5, 5.41) is 10.2. The van der Waals surface area contributed by atoms with E-state index in [1.807, 2.05) is 0 Å². The number of allylic oxidation sites excluding steroid dienone is 2. The Morgan fingerprint density at radius 2 is 1.59 bits per heavy atom. The Kier molecular flexibility index (Phi) is 4.40. The van der Waals surface area contributed by atoms with E-state index in [1.54, 1.807) is 0 Å². The number of hydrogen-bond donors (Lipinski definition) is 1. The summed E-state index contributed by atoms with van der Waals surface area (Å²) in [5.41, 5.74) is -3.46. The van der Waals surface area contributed by atoms with Crippen molar-refractivity contribution in [1.82, 2.24) is 0 Å². The lowest BCUT2D eigenvalue weighted by atomic mass is 9.46. The van der Waals surface area contributed by atoms with Gasteiger partial charge in [-0.1, -0.05) is 12.2 Å². The van der Waals surface area contributed by atoms with Crippen LogP contribution in [0.25, 0.3) is 0 Å². The van der Waals surface area contributed by atoms with Crippen LogP contribution in [0.2, 0.25) is 0 Å². The van der Waals surface area contributed by atoms with Crippen LogP contribution in [0.4, 0.5) is 22.0 Å². The zero-order valence-electron chi connectivity index (χ0n) is 20.3. The van der Waals surface area contributed by atoms with E-state index in [2.05, 4.69) is 16.9 Å². The van der Waals surface area contributed by atoms with Gasteiger partial charge in [-0.3, -0.25) is 4.79 Å². The van der Waals surface area contributed by atoms with Crippen molar-refractivity contribution in [1.29, 1.82) is 0 Å². The lowest BCUT2D eigenvalue weighted by Gasteiger charge is -2.67. The van der Waals surface area contributed by atoms with Crippen molar-refractivity contribution in [3.8, 4) is 0 Å². The molecule has 8 fully saturated rings. The molecule has 0 aromatic rings. The van der Waals surface area contributed by atoms with Crippen molar-refractivity contribution < 1.29 is 46.1 Å². The SMILES string of the molecule is O=C(OC12CC3CC(C1)C1(OCOC(O)(C(F)(F)F)C1(F)F)C(C3)C2)C1CC2CC1C1C3C=CC(C3)C21. The molecular formula is C27H31F5O5. The fourth-order valence-corrected chi connectivity index (χ4v) is 11.3. The molecule has 1 aliphatic heterocycles. The highest BCUT2D eigenvalue weighted by Gasteiger charge is 2.85. The van der Waals surface area contributed by atoms with Gasteiger partial charge in [0, 0.05) is 0 Å². The fourth-order valence-electron chi connectivity index (χ4n) is 11.3. The minimum Gasteiger partial charge on any atom is -0.459 e. The molecular weight excluding hydrogens is 499 g/mol. The summed E-state index contributed by atoms with van der Waals surface area (Å²) < 4.78 is 88.4. The molecule has 0 amide bonds. The lowest BCUT2D eigenvalue weighted by Crippen LogP contribution is -2.81. The number of esters is 1. The largest absolute Gasteiger partial charge is 0.459 e. The Labute approximate surface area is 211 Å². The Bertz CT molecular complexity index is 1060. The van der Waals surface area contributed by atoms with Gasteiger partial charge in [-0.15, -0.1) is 0 Å². The van der Waals surface area contributed by atoms with Crippen LogP contribution in [0.3, 0.4) is 0 Å². The minimum atomic E-state index is -5.69. The van der Waals surface area contributed by atoms with Crippen LogP contribution < -0.4 is 0 Å². The normalized spacial score (nSPS) is 57.9. The zero-order chi connectivity index (χ0) is 25.8. The van der Waals surface area contributed by atoms with E-state index in [1.165, 1.54) is 6.42 Å². The third-order valence-electron chi connectivity index (χ3n) is 12.1. The summed E-state index contributed by atoms with van der Waals surface area (Å²) >= 11 is 0. The Balaban J connectivity index is 1.06. The van der Waals surface area contributed by atoms with Crippen molar-refractivity contribution in [2.75, 3.05) is 6.79 Å². The number of hydrogen-bond acceptors (Lipinski definition) is 5. The van der Waals surface area contributed by atoms with Crippen LogP contribution in [0.15, 0.2) is 12.2 Å². The molecule has 0 aromatic carbocycles. The van der Waals surface area contributed by atoms with E-state index in [9.17, 15) is 23.1 Å². The molecule has 37 heavy (non-hydrogen) atoms. The third kappa shape index (κ3) is 2.64. The predicted molar refractivity (Wildman–Crippen MR) is 116 cm³/mol.